The molecule has 0 aliphatic carbocycles. The van der Waals surface area contributed by atoms with Gasteiger partial charge in [0.25, 0.3) is 0 Å². The molecule has 1 aliphatic rings. The molecule has 0 unspecified atom stereocenters. The van der Waals surface area contributed by atoms with E-state index in [1.165, 1.54) is 0 Å². The zero-order valence-electron chi connectivity index (χ0n) is 12.4. The van der Waals surface area contributed by atoms with Gasteiger partial charge in [-0.25, -0.2) is 0 Å². The number of rotatable bonds is 3. The minimum Gasteiger partial charge on any atom is -0.399 e. The van der Waals surface area contributed by atoms with E-state index in [1.54, 1.807) is 12.4 Å². The Hall–Kier alpha value is -1.20. The molecular weight excluding hydrogens is 239 g/mol. The fraction of sp³-hybridized carbons (Fsp3) is 0.571. The van der Waals surface area contributed by atoms with Gasteiger partial charge >= 0.3 is 7.12 Å². The first-order valence-electron chi connectivity index (χ1n) is 6.63. The third-order valence-electron chi connectivity index (χ3n) is 3.95. The van der Waals surface area contributed by atoms with E-state index < -0.39 is 7.12 Å². The lowest BCUT2D eigenvalue weighted by atomic mass is 9.76. The summed E-state index contributed by atoms with van der Waals surface area (Å²) in [7, 11) is -0.466. The first-order chi connectivity index (χ1) is 8.78. The maximum atomic E-state index is 5.99. The topological polar surface area (TPSA) is 44.2 Å². The summed E-state index contributed by atoms with van der Waals surface area (Å²) in [6.45, 7) is 14.2. The fourth-order valence-electron chi connectivity index (χ4n) is 1.99. The van der Waals surface area contributed by atoms with Crippen molar-refractivity contribution < 1.29 is 9.31 Å². The van der Waals surface area contributed by atoms with Crippen molar-refractivity contribution in [3.8, 4) is 0 Å². The third-order valence-corrected chi connectivity index (χ3v) is 3.95. The van der Waals surface area contributed by atoms with E-state index in [-0.39, 0.29) is 11.2 Å². The summed E-state index contributed by atoms with van der Waals surface area (Å²) in [6, 6.07) is 0. The van der Waals surface area contributed by atoms with Crippen molar-refractivity contribution in [3.05, 3.63) is 30.4 Å². The van der Waals surface area contributed by atoms with Crippen LogP contribution in [0, 0.1) is 0 Å². The van der Waals surface area contributed by atoms with Crippen LogP contribution in [-0.4, -0.2) is 28.3 Å². The Labute approximate surface area is 115 Å². The lowest BCUT2D eigenvalue weighted by molar-refractivity contribution is 0.00578. The molecule has 1 saturated heterocycles. The minimum absolute atomic E-state index is 0.366. The Kier molecular flexibility index (Phi) is 3.54. The average Bonchev–Trinajstić information content (AvgIpc) is 2.57. The van der Waals surface area contributed by atoms with Gasteiger partial charge in [-0.3, -0.25) is 9.97 Å². The molecule has 0 N–H and O–H groups in total. The van der Waals surface area contributed by atoms with Gasteiger partial charge in [0.1, 0.15) is 0 Å². The van der Waals surface area contributed by atoms with Crippen LogP contribution in [0.4, 0.5) is 0 Å². The lowest BCUT2D eigenvalue weighted by Crippen LogP contribution is -2.41. The second kappa shape index (κ2) is 4.73. The van der Waals surface area contributed by atoms with Crippen molar-refractivity contribution in [2.45, 2.75) is 52.2 Å². The van der Waals surface area contributed by atoms with Crippen molar-refractivity contribution >= 4 is 12.6 Å². The summed E-state index contributed by atoms with van der Waals surface area (Å²) >= 11 is 0. The van der Waals surface area contributed by atoms with E-state index in [4.69, 9.17) is 9.31 Å². The molecule has 19 heavy (non-hydrogen) atoms. The number of hydrogen-bond acceptors (Lipinski definition) is 4. The first-order valence-corrected chi connectivity index (χ1v) is 6.63. The second-order valence-corrected chi connectivity index (χ2v) is 5.82. The largest absolute Gasteiger partial charge is 0.496 e. The van der Waals surface area contributed by atoms with Gasteiger partial charge < -0.3 is 9.31 Å². The van der Waals surface area contributed by atoms with Crippen molar-refractivity contribution in [1.29, 1.82) is 0 Å². The lowest BCUT2D eigenvalue weighted by Gasteiger charge is -2.32. The maximum absolute atomic E-state index is 5.99. The normalized spacial score (nSPS) is 20.6. The van der Waals surface area contributed by atoms with Crippen LogP contribution in [-0.2, 0) is 15.7 Å². The SMILES string of the molecule is C=C(B1OC(C)(C)C(C)(C)O1)c1nccnc1CC. The van der Waals surface area contributed by atoms with Gasteiger partial charge in [0.05, 0.1) is 22.6 Å². The van der Waals surface area contributed by atoms with Gasteiger partial charge in [0.2, 0.25) is 0 Å². The molecule has 2 rings (SSSR count). The molecule has 0 bridgehead atoms. The molecule has 0 atom stereocenters. The zero-order chi connectivity index (χ0) is 14.3. The molecule has 2 heterocycles. The number of hydrogen-bond donors (Lipinski definition) is 0. The van der Waals surface area contributed by atoms with Gasteiger partial charge in [-0.05, 0) is 34.1 Å². The van der Waals surface area contributed by atoms with E-state index in [1.807, 2.05) is 34.6 Å². The van der Waals surface area contributed by atoms with Crippen LogP contribution in [0.1, 0.15) is 46.0 Å². The first kappa shape index (κ1) is 14.2. The highest BCUT2D eigenvalue weighted by Gasteiger charge is 2.52. The summed E-state index contributed by atoms with van der Waals surface area (Å²) in [5, 5.41) is 0. The van der Waals surface area contributed by atoms with Gasteiger partial charge in [-0.1, -0.05) is 13.5 Å². The highest BCUT2D eigenvalue weighted by Crippen LogP contribution is 2.40. The van der Waals surface area contributed by atoms with Crippen LogP contribution in [0.3, 0.4) is 0 Å². The van der Waals surface area contributed by atoms with Crippen LogP contribution in [0.2, 0.25) is 0 Å². The standard InChI is InChI=1S/C14H21BN2O2/c1-7-11-12(17-9-8-16-11)10(2)15-18-13(3,4)14(5,6)19-15/h8-9H,2,7H2,1,3-6H3. The van der Waals surface area contributed by atoms with Crippen molar-refractivity contribution in [2.75, 3.05) is 0 Å². The summed E-state index contributed by atoms with van der Waals surface area (Å²) in [5.41, 5.74) is 1.71. The summed E-state index contributed by atoms with van der Waals surface area (Å²) in [4.78, 5) is 8.70. The minimum atomic E-state index is -0.466. The molecule has 0 spiro atoms. The van der Waals surface area contributed by atoms with Gasteiger partial charge in [-0.15, -0.1) is 0 Å². The Morgan fingerprint density at radius 3 is 2.21 bits per heavy atom. The van der Waals surface area contributed by atoms with E-state index >= 15 is 0 Å². The molecule has 5 heteroatoms. The van der Waals surface area contributed by atoms with Crippen LogP contribution < -0.4 is 0 Å². The summed E-state index contributed by atoms with van der Waals surface area (Å²) in [5.74, 6) is 0. The molecule has 4 nitrogen and oxygen atoms in total. The van der Waals surface area contributed by atoms with E-state index in [9.17, 15) is 0 Å². The molecule has 1 fully saturated rings. The highest BCUT2D eigenvalue weighted by molar-refractivity contribution is 6.68. The van der Waals surface area contributed by atoms with E-state index in [0.29, 0.717) is 0 Å². The predicted octanol–water partition coefficient (Wildman–Crippen LogP) is 2.68. The molecule has 1 aromatic rings. The van der Waals surface area contributed by atoms with Crippen LogP contribution in [0.5, 0.6) is 0 Å². The van der Waals surface area contributed by atoms with Crippen LogP contribution in [0.25, 0.3) is 5.47 Å². The highest BCUT2D eigenvalue weighted by atomic mass is 16.7. The molecule has 102 valence electrons. The van der Waals surface area contributed by atoms with Gasteiger partial charge in [-0.2, -0.15) is 0 Å². The Morgan fingerprint density at radius 1 is 1.16 bits per heavy atom. The third kappa shape index (κ3) is 2.45. The van der Waals surface area contributed by atoms with Crippen molar-refractivity contribution in [3.63, 3.8) is 0 Å². The fourth-order valence-corrected chi connectivity index (χ4v) is 1.99. The van der Waals surface area contributed by atoms with Crippen LogP contribution >= 0.6 is 0 Å². The van der Waals surface area contributed by atoms with E-state index in [0.717, 1.165) is 23.3 Å². The zero-order valence-corrected chi connectivity index (χ0v) is 12.4. The Bertz CT molecular complexity index is 484. The second-order valence-electron chi connectivity index (χ2n) is 5.82. The summed E-state index contributed by atoms with van der Waals surface area (Å²) < 4.78 is 12.0. The number of nitrogens with zero attached hydrogens (tertiary/aromatic N) is 2. The Balaban J connectivity index is 2.27. The average molecular weight is 260 g/mol. The molecule has 0 saturated carbocycles. The molecule has 1 aromatic heterocycles. The monoisotopic (exact) mass is 260 g/mol. The molecular formula is C14H21BN2O2. The van der Waals surface area contributed by atoms with Crippen molar-refractivity contribution in [1.82, 2.24) is 9.97 Å². The molecule has 0 amide bonds. The smallest absolute Gasteiger partial charge is 0.399 e. The van der Waals surface area contributed by atoms with Gasteiger partial charge in [0, 0.05) is 17.9 Å². The maximum Gasteiger partial charge on any atom is 0.496 e. The number of aryl methyl sites for hydroxylation is 1. The molecule has 0 radical (unpaired) electrons. The van der Waals surface area contributed by atoms with Crippen LogP contribution in [0.15, 0.2) is 19.0 Å². The van der Waals surface area contributed by atoms with E-state index in [2.05, 4.69) is 16.5 Å². The number of aromatic nitrogens is 2. The van der Waals surface area contributed by atoms with Crippen molar-refractivity contribution in [2.24, 2.45) is 0 Å². The van der Waals surface area contributed by atoms with Gasteiger partial charge in [0.15, 0.2) is 0 Å². The Morgan fingerprint density at radius 2 is 1.68 bits per heavy atom. The molecule has 1 aliphatic heterocycles. The molecule has 0 aromatic carbocycles. The summed E-state index contributed by atoms with van der Waals surface area (Å²) in [6.07, 6.45) is 4.17. The quantitative estimate of drug-likeness (QED) is 0.784. The predicted molar refractivity (Wildman–Crippen MR) is 76.5 cm³/mol.